The summed E-state index contributed by atoms with van der Waals surface area (Å²) in [6.45, 7) is 1.25. The lowest BCUT2D eigenvalue weighted by Gasteiger charge is -2.17. The molecule has 2 aromatic carbocycles. The highest BCUT2D eigenvalue weighted by Crippen LogP contribution is 2.19. The normalized spacial score (nSPS) is 13.8. The van der Waals surface area contributed by atoms with Crippen molar-refractivity contribution in [2.45, 2.75) is 25.0 Å². The van der Waals surface area contributed by atoms with Crippen molar-refractivity contribution in [1.82, 2.24) is 0 Å². The Labute approximate surface area is 140 Å². The molecule has 128 valence electrons. The van der Waals surface area contributed by atoms with Gasteiger partial charge in [0.1, 0.15) is 6.04 Å². The number of carboxylic acid groups (broad SMARTS) is 2. The minimum absolute atomic E-state index is 0.385. The molecule has 0 aliphatic heterocycles. The quantitative estimate of drug-likeness (QED) is 0.660. The van der Waals surface area contributed by atoms with Crippen LogP contribution in [-0.2, 0) is 21.6 Å². The molecule has 0 saturated heterocycles. The molecule has 6 heteroatoms. The first-order valence-electron chi connectivity index (χ1n) is 7.28. The van der Waals surface area contributed by atoms with Gasteiger partial charge in [0, 0.05) is 0 Å². The van der Waals surface area contributed by atoms with Gasteiger partial charge in [-0.25, -0.2) is 4.79 Å². The van der Waals surface area contributed by atoms with Crippen LogP contribution in [0.5, 0.6) is 0 Å². The molecule has 0 fully saturated rings. The highest BCUT2D eigenvalue weighted by atomic mass is 16.4. The summed E-state index contributed by atoms with van der Waals surface area (Å²) in [5.41, 5.74) is 4.90. The molecule has 0 heterocycles. The molecule has 0 aromatic heterocycles. The summed E-state index contributed by atoms with van der Waals surface area (Å²) in [5.74, 6) is -2.20. The van der Waals surface area contributed by atoms with Crippen LogP contribution in [0.2, 0.25) is 0 Å². The van der Waals surface area contributed by atoms with E-state index in [4.69, 9.17) is 15.9 Å². The summed E-state index contributed by atoms with van der Waals surface area (Å²) >= 11 is 0. The van der Waals surface area contributed by atoms with Crippen molar-refractivity contribution in [1.29, 1.82) is 0 Å². The lowest BCUT2D eigenvalue weighted by molar-refractivity contribution is -0.157. The van der Waals surface area contributed by atoms with Crippen LogP contribution in [0.1, 0.15) is 18.1 Å². The van der Waals surface area contributed by atoms with Crippen LogP contribution in [0, 0.1) is 0 Å². The summed E-state index contributed by atoms with van der Waals surface area (Å²) in [7, 11) is 0. The second kappa shape index (κ2) is 8.81. The second-order valence-corrected chi connectivity index (χ2v) is 5.38. The largest absolute Gasteiger partial charge is 0.480 e. The maximum atomic E-state index is 10.6. The fraction of sp³-hybridized carbons (Fsp3) is 0.222. The summed E-state index contributed by atoms with van der Waals surface area (Å²) in [6.07, 6.45) is 0.385. The number of carboxylic acids is 2. The van der Waals surface area contributed by atoms with E-state index in [2.05, 4.69) is 0 Å². The van der Waals surface area contributed by atoms with E-state index >= 15 is 0 Å². The minimum Gasteiger partial charge on any atom is -0.480 e. The average molecular weight is 331 g/mol. The Hall–Kier alpha value is -2.70. The fourth-order valence-electron chi connectivity index (χ4n) is 1.84. The molecule has 0 aliphatic carbocycles. The van der Waals surface area contributed by atoms with E-state index in [1.807, 2.05) is 30.3 Å². The van der Waals surface area contributed by atoms with Gasteiger partial charge in [0.2, 0.25) is 0 Å². The Kier molecular flexibility index (Phi) is 7.10. The predicted octanol–water partition coefficient (Wildman–Crippen LogP) is 1.62. The molecule has 2 aromatic rings. The van der Waals surface area contributed by atoms with Crippen molar-refractivity contribution in [2.75, 3.05) is 0 Å². The van der Waals surface area contributed by atoms with Gasteiger partial charge >= 0.3 is 11.9 Å². The summed E-state index contributed by atoms with van der Waals surface area (Å²) < 4.78 is 0. The molecule has 0 aliphatic rings. The molecule has 24 heavy (non-hydrogen) atoms. The zero-order valence-electron chi connectivity index (χ0n) is 13.3. The van der Waals surface area contributed by atoms with Gasteiger partial charge in [-0.15, -0.1) is 0 Å². The van der Waals surface area contributed by atoms with Crippen molar-refractivity contribution in [3.8, 4) is 0 Å². The molecule has 6 nitrogen and oxygen atoms in total. The summed E-state index contributed by atoms with van der Waals surface area (Å²) in [6, 6.07) is 16.8. The van der Waals surface area contributed by atoms with Crippen LogP contribution >= 0.6 is 0 Å². The van der Waals surface area contributed by atoms with Crippen molar-refractivity contribution >= 4 is 11.9 Å². The summed E-state index contributed by atoms with van der Waals surface area (Å²) in [4.78, 5) is 21.0. The second-order valence-electron chi connectivity index (χ2n) is 5.38. The highest BCUT2D eigenvalue weighted by Gasteiger charge is 2.31. The topological polar surface area (TPSA) is 121 Å². The number of carbonyl (C=O) groups is 2. The molecular weight excluding hydrogens is 310 g/mol. The Morgan fingerprint density at radius 3 is 1.88 bits per heavy atom. The first-order valence-corrected chi connectivity index (χ1v) is 7.28. The number of rotatable bonds is 5. The van der Waals surface area contributed by atoms with E-state index < -0.39 is 23.6 Å². The molecule has 2 atom stereocenters. The van der Waals surface area contributed by atoms with Gasteiger partial charge in [-0.3, -0.25) is 4.79 Å². The van der Waals surface area contributed by atoms with Gasteiger partial charge in [-0.05, 0) is 24.5 Å². The molecule has 1 unspecified atom stereocenters. The van der Waals surface area contributed by atoms with Gasteiger partial charge in [-0.1, -0.05) is 60.7 Å². The third kappa shape index (κ3) is 5.83. The van der Waals surface area contributed by atoms with Gasteiger partial charge in [0.05, 0.1) is 0 Å². The molecular formula is C18H21NO5. The Balaban J connectivity index is 0.000000240. The smallest absolute Gasteiger partial charge is 0.340 e. The Bertz CT molecular complexity index is 656. The van der Waals surface area contributed by atoms with Crippen LogP contribution in [0.3, 0.4) is 0 Å². The minimum atomic E-state index is -1.79. The van der Waals surface area contributed by atoms with Crippen LogP contribution in [0.25, 0.3) is 0 Å². The monoisotopic (exact) mass is 331 g/mol. The number of hydrogen-bond donors (Lipinski definition) is 4. The number of aliphatic hydroxyl groups is 1. The zero-order valence-corrected chi connectivity index (χ0v) is 13.3. The molecule has 2 rings (SSSR count). The van der Waals surface area contributed by atoms with E-state index in [1.165, 1.54) is 6.92 Å². The van der Waals surface area contributed by atoms with E-state index in [0.29, 0.717) is 12.0 Å². The molecule has 0 radical (unpaired) electrons. The van der Waals surface area contributed by atoms with Crippen molar-refractivity contribution < 1.29 is 24.9 Å². The number of aliphatic carboxylic acids is 2. The third-order valence-electron chi connectivity index (χ3n) is 3.37. The van der Waals surface area contributed by atoms with Gasteiger partial charge in [-0.2, -0.15) is 0 Å². The summed E-state index contributed by atoms with van der Waals surface area (Å²) in [5, 5.41) is 26.6. The van der Waals surface area contributed by atoms with E-state index in [0.717, 1.165) is 5.56 Å². The zero-order chi connectivity index (χ0) is 18.2. The van der Waals surface area contributed by atoms with Crippen LogP contribution in [-0.4, -0.2) is 33.3 Å². The number of hydrogen-bond acceptors (Lipinski definition) is 4. The molecule has 0 amide bonds. The van der Waals surface area contributed by atoms with Crippen molar-refractivity contribution in [2.24, 2.45) is 5.73 Å². The Morgan fingerprint density at radius 1 is 1.00 bits per heavy atom. The predicted molar refractivity (Wildman–Crippen MR) is 89.4 cm³/mol. The number of benzene rings is 2. The third-order valence-corrected chi connectivity index (χ3v) is 3.37. The van der Waals surface area contributed by atoms with Crippen LogP contribution in [0.15, 0.2) is 60.7 Å². The van der Waals surface area contributed by atoms with Crippen molar-refractivity contribution in [3.05, 3.63) is 71.8 Å². The maximum Gasteiger partial charge on any atom is 0.340 e. The van der Waals surface area contributed by atoms with E-state index in [9.17, 15) is 14.7 Å². The van der Waals surface area contributed by atoms with Crippen molar-refractivity contribution in [3.63, 3.8) is 0 Å². The standard InChI is InChI=1S/C9H11NO2.C9H10O3/c10-8(9(11)12)6-7-4-2-1-3-5-7;1-9(12,8(10)11)7-5-3-2-4-6-7/h1-5,8H,6,10H2,(H,11,12);2-6,12H,1H3,(H,10,11)/t8-;/m0./s1. The first-order chi connectivity index (χ1) is 11.2. The molecule has 5 N–H and O–H groups in total. The first kappa shape index (κ1) is 19.3. The Morgan fingerprint density at radius 2 is 1.46 bits per heavy atom. The lowest BCUT2D eigenvalue weighted by atomic mass is 9.97. The van der Waals surface area contributed by atoms with Gasteiger partial charge in [0.15, 0.2) is 5.60 Å². The lowest BCUT2D eigenvalue weighted by Crippen LogP contribution is -2.32. The average Bonchev–Trinajstić information content (AvgIpc) is 2.57. The SMILES string of the molecule is CC(O)(C(=O)O)c1ccccc1.N[C@@H](Cc1ccccc1)C(=O)O. The van der Waals surface area contributed by atoms with E-state index in [1.54, 1.807) is 30.3 Å². The van der Waals surface area contributed by atoms with Gasteiger partial charge < -0.3 is 21.1 Å². The van der Waals surface area contributed by atoms with Gasteiger partial charge in [0.25, 0.3) is 0 Å². The fourth-order valence-corrected chi connectivity index (χ4v) is 1.84. The molecule has 0 saturated carbocycles. The van der Waals surface area contributed by atoms with Crippen LogP contribution in [0.4, 0.5) is 0 Å². The highest BCUT2D eigenvalue weighted by molar-refractivity contribution is 5.78. The van der Waals surface area contributed by atoms with E-state index in [-0.39, 0.29) is 0 Å². The molecule has 0 spiro atoms. The van der Waals surface area contributed by atoms with Crippen LogP contribution < -0.4 is 5.73 Å². The maximum absolute atomic E-state index is 10.6. The molecule has 0 bridgehead atoms. The number of nitrogens with two attached hydrogens (primary N) is 1.